The largest absolute Gasteiger partial charge is 0.481 e. The number of H-pyrrole nitrogens is 1. The van der Waals surface area contributed by atoms with Crippen molar-refractivity contribution in [1.82, 2.24) is 15.3 Å². The zero-order chi connectivity index (χ0) is 11.3. The van der Waals surface area contributed by atoms with Crippen molar-refractivity contribution in [3.05, 3.63) is 18.2 Å². The summed E-state index contributed by atoms with van der Waals surface area (Å²) in [6.45, 7) is 1.66. The molecule has 1 aromatic heterocycles. The molecule has 82 valence electrons. The maximum atomic E-state index is 10.7. The van der Waals surface area contributed by atoms with Gasteiger partial charge in [-0.05, 0) is 0 Å². The lowest BCUT2D eigenvalue weighted by Crippen LogP contribution is -2.27. The first-order valence-corrected chi connectivity index (χ1v) is 4.55. The highest BCUT2D eigenvalue weighted by Crippen LogP contribution is 2.14. The van der Waals surface area contributed by atoms with Crippen LogP contribution in [0.25, 0.3) is 0 Å². The van der Waals surface area contributed by atoms with Crippen LogP contribution in [0, 0.1) is 0 Å². The normalized spacial score (nSPS) is 12.1. The van der Waals surface area contributed by atoms with Crippen LogP contribution < -0.4 is 5.32 Å². The number of carboxylic acid groups (broad SMARTS) is 1. The number of rotatable bonds is 5. The monoisotopic (exact) mass is 211 g/mol. The number of carbonyl (C=O) groups is 2. The summed E-state index contributed by atoms with van der Waals surface area (Å²) in [5.41, 5.74) is 0. The second-order valence-electron chi connectivity index (χ2n) is 3.21. The molecule has 0 bridgehead atoms. The summed E-state index contributed by atoms with van der Waals surface area (Å²) in [5, 5.41) is 11.3. The minimum absolute atomic E-state index is 0.0617. The number of carboxylic acids is 1. The molecule has 15 heavy (non-hydrogen) atoms. The predicted octanol–water partition coefficient (Wildman–Crippen LogP) is 0.104. The van der Waals surface area contributed by atoms with Crippen LogP contribution in [-0.4, -0.2) is 33.5 Å². The summed E-state index contributed by atoms with van der Waals surface area (Å²) in [7, 11) is 0. The van der Waals surface area contributed by atoms with Gasteiger partial charge in [-0.1, -0.05) is 0 Å². The molecule has 1 atom stereocenters. The van der Waals surface area contributed by atoms with Crippen molar-refractivity contribution in [1.29, 1.82) is 0 Å². The average Bonchev–Trinajstić information content (AvgIpc) is 2.63. The maximum absolute atomic E-state index is 10.7. The minimum Gasteiger partial charge on any atom is -0.481 e. The molecule has 1 aromatic rings. The highest BCUT2D eigenvalue weighted by atomic mass is 16.4. The smallest absolute Gasteiger partial charge is 0.304 e. The van der Waals surface area contributed by atoms with E-state index in [0.29, 0.717) is 5.82 Å². The van der Waals surface area contributed by atoms with Crippen LogP contribution in [0.4, 0.5) is 0 Å². The predicted molar refractivity (Wildman–Crippen MR) is 52.3 cm³/mol. The van der Waals surface area contributed by atoms with Gasteiger partial charge in [0, 0.05) is 31.8 Å². The summed E-state index contributed by atoms with van der Waals surface area (Å²) in [5.74, 6) is -0.841. The third-order valence-electron chi connectivity index (χ3n) is 1.92. The number of aromatic amines is 1. The minimum atomic E-state index is -0.915. The maximum Gasteiger partial charge on any atom is 0.304 e. The molecule has 1 heterocycles. The Hall–Kier alpha value is -1.85. The van der Waals surface area contributed by atoms with Crippen LogP contribution >= 0.6 is 0 Å². The van der Waals surface area contributed by atoms with Crippen LogP contribution in [0.2, 0.25) is 0 Å². The Morgan fingerprint density at radius 3 is 2.87 bits per heavy atom. The number of nitrogens with zero attached hydrogens (tertiary/aromatic N) is 1. The van der Waals surface area contributed by atoms with Gasteiger partial charge in [0.1, 0.15) is 5.82 Å². The van der Waals surface area contributed by atoms with Crippen LogP contribution in [0.15, 0.2) is 12.4 Å². The van der Waals surface area contributed by atoms with Crippen LogP contribution in [0.5, 0.6) is 0 Å². The Morgan fingerprint density at radius 1 is 1.67 bits per heavy atom. The molecule has 1 unspecified atom stereocenters. The molecule has 6 nitrogen and oxygen atoms in total. The van der Waals surface area contributed by atoms with Crippen molar-refractivity contribution in [3.8, 4) is 0 Å². The van der Waals surface area contributed by atoms with Gasteiger partial charge in [-0.3, -0.25) is 9.59 Å². The molecule has 0 aliphatic carbocycles. The van der Waals surface area contributed by atoms with E-state index in [1.807, 2.05) is 0 Å². The number of imidazole rings is 1. The molecule has 1 amide bonds. The first-order valence-electron chi connectivity index (χ1n) is 4.55. The van der Waals surface area contributed by atoms with Gasteiger partial charge >= 0.3 is 5.97 Å². The van der Waals surface area contributed by atoms with Gasteiger partial charge in [-0.2, -0.15) is 0 Å². The number of hydrogen-bond acceptors (Lipinski definition) is 3. The first kappa shape index (κ1) is 11.2. The number of carbonyl (C=O) groups excluding carboxylic acids is 1. The van der Waals surface area contributed by atoms with E-state index in [1.165, 1.54) is 6.92 Å². The number of aromatic nitrogens is 2. The molecule has 0 saturated heterocycles. The van der Waals surface area contributed by atoms with Crippen molar-refractivity contribution < 1.29 is 14.7 Å². The lowest BCUT2D eigenvalue weighted by molar-refractivity contribution is -0.137. The van der Waals surface area contributed by atoms with E-state index in [2.05, 4.69) is 15.3 Å². The van der Waals surface area contributed by atoms with Gasteiger partial charge in [0.2, 0.25) is 5.91 Å². The zero-order valence-corrected chi connectivity index (χ0v) is 8.36. The van der Waals surface area contributed by atoms with Crippen molar-refractivity contribution in [3.63, 3.8) is 0 Å². The van der Waals surface area contributed by atoms with Gasteiger partial charge in [-0.25, -0.2) is 4.98 Å². The molecule has 6 heteroatoms. The molecule has 3 N–H and O–H groups in total. The number of nitrogens with one attached hydrogen (secondary N) is 2. The highest BCUT2D eigenvalue weighted by Gasteiger charge is 2.17. The Balaban J connectivity index is 2.61. The third kappa shape index (κ3) is 3.80. The summed E-state index contributed by atoms with van der Waals surface area (Å²) in [6, 6.07) is 0. The molecule has 0 radical (unpaired) electrons. The molecular weight excluding hydrogens is 198 g/mol. The van der Waals surface area contributed by atoms with Crippen LogP contribution in [0.1, 0.15) is 25.1 Å². The Kier molecular flexibility index (Phi) is 3.84. The Bertz CT molecular complexity index is 334. The van der Waals surface area contributed by atoms with Gasteiger partial charge in [0.15, 0.2) is 0 Å². The number of amides is 1. The summed E-state index contributed by atoms with van der Waals surface area (Å²) >= 11 is 0. The third-order valence-corrected chi connectivity index (χ3v) is 1.92. The molecule has 0 fully saturated rings. The van der Waals surface area contributed by atoms with Gasteiger partial charge in [0.25, 0.3) is 0 Å². The topological polar surface area (TPSA) is 95.1 Å². The van der Waals surface area contributed by atoms with E-state index >= 15 is 0 Å². The SMILES string of the molecule is CC(=O)NCC(CC(=O)O)c1ncc[nH]1. The standard InChI is InChI=1S/C9H13N3O3/c1-6(13)12-5-7(4-8(14)15)9-10-2-3-11-9/h2-3,7H,4-5H2,1H3,(H,10,11)(H,12,13)(H,14,15). The first-order chi connectivity index (χ1) is 7.09. The van der Waals surface area contributed by atoms with Gasteiger partial charge in [0.05, 0.1) is 6.42 Å². The fourth-order valence-electron chi connectivity index (χ4n) is 1.24. The second-order valence-corrected chi connectivity index (χ2v) is 3.21. The summed E-state index contributed by atoms with van der Waals surface area (Å²) in [6.07, 6.45) is 3.11. The van der Waals surface area contributed by atoms with Gasteiger partial charge in [-0.15, -0.1) is 0 Å². The Labute approximate surface area is 86.7 Å². The zero-order valence-electron chi connectivity index (χ0n) is 8.36. The fraction of sp³-hybridized carbons (Fsp3) is 0.444. The van der Waals surface area contributed by atoms with Crippen molar-refractivity contribution in [2.24, 2.45) is 0 Å². The fourth-order valence-corrected chi connectivity index (χ4v) is 1.24. The number of hydrogen-bond donors (Lipinski definition) is 3. The van der Waals surface area contributed by atoms with Crippen molar-refractivity contribution in [2.45, 2.75) is 19.3 Å². The molecular formula is C9H13N3O3. The summed E-state index contributed by atoms with van der Waals surface area (Å²) < 4.78 is 0. The lowest BCUT2D eigenvalue weighted by atomic mass is 10.1. The Morgan fingerprint density at radius 2 is 2.40 bits per heavy atom. The van der Waals surface area contributed by atoms with E-state index in [-0.39, 0.29) is 24.8 Å². The molecule has 0 aromatic carbocycles. The molecule has 0 aliphatic heterocycles. The average molecular weight is 211 g/mol. The molecule has 0 aliphatic rings. The lowest BCUT2D eigenvalue weighted by Gasteiger charge is -2.12. The van der Waals surface area contributed by atoms with Crippen LogP contribution in [0.3, 0.4) is 0 Å². The van der Waals surface area contributed by atoms with E-state index in [4.69, 9.17) is 5.11 Å². The van der Waals surface area contributed by atoms with E-state index in [0.717, 1.165) is 0 Å². The summed E-state index contributed by atoms with van der Waals surface area (Å²) in [4.78, 5) is 28.1. The molecule has 1 rings (SSSR count). The van der Waals surface area contributed by atoms with E-state index in [1.54, 1.807) is 12.4 Å². The number of aliphatic carboxylic acids is 1. The quantitative estimate of drug-likeness (QED) is 0.643. The van der Waals surface area contributed by atoms with Gasteiger partial charge < -0.3 is 15.4 Å². The second kappa shape index (κ2) is 5.14. The van der Waals surface area contributed by atoms with Crippen LogP contribution in [-0.2, 0) is 9.59 Å². The van der Waals surface area contributed by atoms with Crippen molar-refractivity contribution in [2.75, 3.05) is 6.54 Å². The van der Waals surface area contributed by atoms with Crippen molar-refractivity contribution >= 4 is 11.9 Å². The molecule has 0 saturated carbocycles. The highest BCUT2D eigenvalue weighted by molar-refractivity contribution is 5.73. The molecule has 0 spiro atoms. The van der Waals surface area contributed by atoms with E-state index < -0.39 is 5.97 Å². The van der Waals surface area contributed by atoms with E-state index in [9.17, 15) is 9.59 Å².